The van der Waals surface area contributed by atoms with E-state index >= 15 is 0 Å². The average molecular weight is 370 g/mol. The number of methoxy groups -OCH3 is 2. The molecule has 0 heterocycles. The number of ether oxygens (including phenoxy) is 2. The fourth-order valence-corrected chi connectivity index (χ4v) is 2.37. The highest BCUT2D eigenvalue weighted by molar-refractivity contribution is 9.10. The lowest BCUT2D eigenvalue weighted by Crippen LogP contribution is -2.04. The molecule has 110 valence electrons. The van der Waals surface area contributed by atoms with Gasteiger partial charge in [-0.2, -0.15) is 0 Å². The molecule has 0 spiro atoms. The van der Waals surface area contributed by atoms with Gasteiger partial charge in [-0.05, 0) is 45.8 Å². The van der Waals surface area contributed by atoms with Crippen molar-refractivity contribution in [3.05, 3.63) is 57.0 Å². The van der Waals surface area contributed by atoms with Crippen molar-refractivity contribution >= 4 is 33.3 Å². The molecule has 0 fully saturated rings. The molecule has 0 amide bonds. The first kappa shape index (κ1) is 15.9. The van der Waals surface area contributed by atoms with Crippen molar-refractivity contribution in [3.8, 4) is 11.5 Å². The predicted molar refractivity (Wildman–Crippen MR) is 86.7 cm³/mol. The second-order valence-corrected chi connectivity index (χ2v) is 5.68. The van der Waals surface area contributed by atoms with E-state index in [0.717, 1.165) is 10.0 Å². The van der Waals surface area contributed by atoms with Crippen LogP contribution in [-0.2, 0) is 6.42 Å². The number of carbonyl (C=O) groups is 1. The van der Waals surface area contributed by atoms with E-state index in [1.807, 2.05) is 6.07 Å². The van der Waals surface area contributed by atoms with Crippen LogP contribution in [0.5, 0.6) is 11.5 Å². The van der Waals surface area contributed by atoms with Crippen LogP contribution in [0.25, 0.3) is 0 Å². The van der Waals surface area contributed by atoms with Crippen LogP contribution < -0.4 is 9.47 Å². The number of hydrogen-bond acceptors (Lipinski definition) is 3. The van der Waals surface area contributed by atoms with Gasteiger partial charge in [0, 0.05) is 16.5 Å². The van der Waals surface area contributed by atoms with E-state index in [1.54, 1.807) is 44.6 Å². The first-order valence-electron chi connectivity index (χ1n) is 6.24. The SMILES string of the molecule is COc1ccc(CC(=O)c2ccc(Br)c(Cl)c2)cc1OC. The van der Waals surface area contributed by atoms with Gasteiger partial charge in [-0.1, -0.05) is 23.7 Å². The summed E-state index contributed by atoms with van der Waals surface area (Å²) in [4.78, 5) is 12.3. The quantitative estimate of drug-likeness (QED) is 0.726. The molecule has 0 N–H and O–H groups in total. The number of hydrogen-bond donors (Lipinski definition) is 0. The lowest BCUT2D eigenvalue weighted by molar-refractivity contribution is 0.0993. The molecule has 5 heteroatoms. The normalized spacial score (nSPS) is 10.3. The van der Waals surface area contributed by atoms with Crippen LogP contribution >= 0.6 is 27.5 Å². The van der Waals surface area contributed by atoms with Gasteiger partial charge in [-0.25, -0.2) is 0 Å². The topological polar surface area (TPSA) is 35.5 Å². The molecule has 2 aromatic carbocycles. The highest BCUT2D eigenvalue weighted by Gasteiger charge is 2.11. The Kier molecular flexibility index (Phi) is 5.26. The Morgan fingerprint density at radius 3 is 2.43 bits per heavy atom. The second kappa shape index (κ2) is 6.96. The van der Waals surface area contributed by atoms with E-state index < -0.39 is 0 Å². The molecular weight excluding hydrogens is 356 g/mol. The molecule has 0 unspecified atom stereocenters. The molecule has 0 aliphatic heterocycles. The van der Waals surface area contributed by atoms with Crippen molar-refractivity contribution < 1.29 is 14.3 Å². The van der Waals surface area contributed by atoms with Gasteiger partial charge in [-0.3, -0.25) is 4.79 Å². The van der Waals surface area contributed by atoms with E-state index in [4.69, 9.17) is 21.1 Å². The molecule has 2 aromatic rings. The van der Waals surface area contributed by atoms with Gasteiger partial charge in [0.1, 0.15) is 0 Å². The highest BCUT2D eigenvalue weighted by atomic mass is 79.9. The zero-order chi connectivity index (χ0) is 15.4. The second-order valence-electron chi connectivity index (χ2n) is 4.42. The van der Waals surface area contributed by atoms with Crippen molar-refractivity contribution in [2.24, 2.45) is 0 Å². The number of rotatable bonds is 5. The van der Waals surface area contributed by atoms with Gasteiger partial charge < -0.3 is 9.47 Å². The fourth-order valence-electron chi connectivity index (χ4n) is 1.95. The van der Waals surface area contributed by atoms with Crippen molar-refractivity contribution in [1.82, 2.24) is 0 Å². The molecule has 21 heavy (non-hydrogen) atoms. The van der Waals surface area contributed by atoms with Crippen molar-refractivity contribution in [3.63, 3.8) is 0 Å². The average Bonchev–Trinajstić information content (AvgIpc) is 2.49. The maximum absolute atomic E-state index is 12.3. The third kappa shape index (κ3) is 3.77. The summed E-state index contributed by atoms with van der Waals surface area (Å²) in [7, 11) is 3.14. The van der Waals surface area contributed by atoms with Crippen LogP contribution in [0.15, 0.2) is 40.9 Å². The lowest BCUT2D eigenvalue weighted by atomic mass is 10.0. The van der Waals surface area contributed by atoms with Gasteiger partial charge in [0.25, 0.3) is 0 Å². The smallest absolute Gasteiger partial charge is 0.167 e. The number of Topliss-reactive ketones (excluding diaryl/α,β-unsaturated/α-hetero) is 1. The van der Waals surface area contributed by atoms with Crippen LogP contribution in [-0.4, -0.2) is 20.0 Å². The largest absolute Gasteiger partial charge is 0.493 e. The van der Waals surface area contributed by atoms with E-state index in [1.165, 1.54) is 0 Å². The van der Waals surface area contributed by atoms with Crippen LogP contribution in [0.3, 0.4) is 0 Å². The minimum absolute atomic E-state index is 0.00313. The van der Waals surface area contributed by atoms with Gasteiger partial charge in [-0.15, -0.1) is 0 Å². The summed E-state index contributed by atoms with van der Waals surface area (Å²) in [5, 5.41) is 0.521. The maximum atomic E-state index is 12.3. The molecule has 0 radical (unpaired) electrons. The van der Waals surface area contributed by atoms with E-state index in [0.29, 0.717) is 22.1 Å². The zero-order valence-electron chi connectivity index (χ0n) is 11.7. The van der Waals surface area contributed by atoms with Crippen LogP contribution in [0.4, 0.5) is 0 Å². The van der Waals surface area contributed by atoms with Crippen LogP contribution in [0.1, 0.15) is 15.9 Å². The number of halogens is 2. The third-order valence-electron chi connectivity index (χ3n) is 3.05. The molecule has 0 saturated carbocycles. The molecule has 2 rings (SSSR count). The highest BCUT2D eigenvalue weighted by Crippen LogP contribution is 2.28. The van der Waals surface area contributed by atoms with E-state index in [9.17, 15) is 4.79 Å². The zero-order valence-corrected chi connectivity index (χ0v) is 14.0. The summed E-state index contributed by atoms with van der Waals surface area (Å²) in [6, 6.07) is 10.6. The Bertz CT molecular complexity index is 671. The summed E-state index contributed by atoms with van der Waals surface area (Å²) >= 11 is 9.32. The van der Waals surface area contributed by atoms with Gasteiger partial charge in [0.05, 0.1) is 19.2 Å². The Morgan fingerprint density at radius 2 is 1.81 bits per heavy atom. The molecule has 0 aliphatic rings. The minimum Gasteiger partial charge on any atom is -0.493 e. The standard InChI is InChI=1S/C16H14BrClO3/c1-20-15-6-3-10(8-16(15)21-2)7-14(19)11-4-5-12(17)13(18)9-11/h3-6,8-9H,7H2,1-2H3. The summed E-state index contributed by atoms with van der Waals surface area (Å²) in [5.41, 5.74) is 1.44. The third-order valence-corrected chi connectivity index (χ3v) is 4.29. The number of benzene rings is 2. The van der Waals surface area contributed by atoms with Crippen molar-refractivity contribution in [2.75, 3.05) is 14.2 Å². The van der Waals surface area contributed by atoms with Crippen molar-refractivity contribution in [2.45, 2.75) is 6.42 Å². The molecule has 0 saturated heterocycles. The first-order valence-corrected chi connectivity index (χ1v) is 7.41. The Balaban J connectivity index is 2.21. The number of carbonyl (C=O) groups excluding carboxylic acids is 1. The van der Waals surface area contributed by atoms with Gasteiger partial charge in [0.2, 0.25) is 0 Å². The summed E-state index contributed by atoms with van der Waals surface area (Å²) in [6.07, 6.45) is 0.276. The lowest BCUT2D eigenvalue weighted by Gasteiger charge is -2.09. The van der Waals surface area contributed by atoms with Crippen LogP contribution in [0.2, 0.25) is 5.02 Å². The molecule has 3 nitrogen and oxygen atoms in total. The Hall–Kier alpha value is -1.52. The molecule has 0 aromatic heterocycles. The molecule has 0 bridgehead atoms. The first-order chi connectivity index (χ1) is 10.0. The summed E-state index contributed by atoms with van der Waals surface area (Å²) in [6.45, 7) is 0. The summed E-state index contributed by atoms with van der Waals surface area (Å²) in [5.74, 6) is 1.24. The Morgan fingerprint density at radius 1 is 1.10 bits per heavy atom. The summed E-state index contributed by atoms with van der Waals surface area (Å²) < 4.78 is 11.2. The molecule has 0 atom stereocenters. The van der Waals surface area contributed by atoms with Gasteiger partial charge >= 0.3 is 0 Å². The number of ketones is 1. The van der Waals surface area contributed by atoms with Gasteiger partial charge in [0.15, 0.2) is 17.3 Å². The molecule has 0 aliphatic carbocycles. The molecular formula is C16H14BrClO3. The van der Waals surface area contributed by atoms with Crippen molar-refractivity contribution in [1.29, 1.82) is 0 Å². The van der Waals surface area contributed by atoms with E-state index in [2.05, 4.69) is 15.9 Å². The monoisotopic (exact) mass is 368 g/mol. The Labute approximate surface area is 137 Å². The fraction of sp³-hybridized carbons (Fsp3) is 0.188. The van der Waals surface area contributed by atoms with Crippen LogP contribution in [0, 0.1) is 0 Å². The predicted octanol–water partition coefficient (Wildman–Crippen LogP) is 4.55. The maximum Gasteiger partial charge on any atom is 0.167 e. The van der Waals surface area contributed by atoms with E-state index in [-0.39, 0.29) is 12.2 Å². The minimum atomic E-state index is -0.00313.